The molecule has 2 aromatic heterocycles. The average molecular weight is 390 g/mol. The molecule has 0 aliphatic heterocycles. The predicted molar refractivity (Wildman–Crippen MR) is 105 cm³/mol. The highest BCUT2D eigenvalue weighted by Crippen LogP contribution is 2.21. The van der Waals surface area contributed by atoms with Gasteiger partial charge in [0.25, 0.3) is 11.5 Å². The molecule has 0 spiro atoms. The summed E-state index contributed by atoms with van der Waals surface area (Å²) in [7, 11) is 1.36. The molecule has 0 bridgehead atoms. The van der Waals surface area contributed by atoms with Crippen LogP contribution in [0.4, 0.5) is 0 Å². The summed E-state index contributed by atoms with van der Waals surface area (Å²) in [5, 5.41) is 9.20. The van der Waals surface area contributed by atoms with Crippen molar-refractivity contribution in [3.05, 3.63) is 38.2 Å². The SMILES string of the molecule is CC(C)Cn1c(=O)[nH]c(=O)c2c(C(=O)N(C)C(C)C(=O)O)cc(C(C)C)nc21. The Bertz CT molecular complexity index is 1040. The number of aliphatic carboxylic acids is 1. The fraction of sp³-hybridized carbons (Fsp3) is 0.526. The first-order valence-corrected chi connectivity index (χ1v) is 9.13. The minimum absolute atomic E-state index is 0.0147. The van der Waals surface area contributed by atoms with Gasteiger partial charge >= 0.3 is 11.7 Å². The molecule has 2 aromatic rings. The van der Waals surface area contributed by atoms with Crippen molar-refractivity contribution in [1.82, 2.24) is 19.4 Å². The van der Waals surface area contributed by atoms with E-state index in [0.717, 1.165) is 4.90 Å². The Morgan fingerprint density at radius 3 is 2.32 bits per heavy atom. The topological polar surface area (TPSA) is 125 Å². The lowest BCUT2D eigenvalue weighted by Gasteiger charge is -2.23. The Morgan fingerprint density at radius 2 is 1.82 bits per heavy atom. The normalized spacial score (nSPS) is 12.6. The van der Waals surface area contributed by atoms with Gasteiger partial charge in [-0.05, 0) is 24.8 Å². The third-order valence-electron chi connectivity index (χ3n) is 4.60. The van der Waals surface area contributed by atoms with Crippen molar-refractivity contribution in [2.45, 2.75) is 53.1 Å². The molecule has 152 valence electrons. The molecule has 9 nitrogen and oxygen atoms in total. The maximum absolute atomic E-state index is 13.0. The number of amides is 1. The molecule has 1 atom stereocenters. The van der Waals surface area contributed by atoms with Gasteiger partial charge in [0.05, 0.1) is 10.9 Å². The van der Waals surface area contributed by atoms with Gasteiger partial charge in [-0.3, -0.25) is 19.1 Å². The number of pyridine rings is 1. The van der Waals surface area contributed by atoms with Gasteiger partial charge in [0.15, 0.2) is 5.65 Å². The van der Waals surface area contributed by atoms with Gasteiger partial charge < -0.3 is 10.0 Å². The van der Waals surface area contributed by atoms with Crippen molar-refractivity contribution in [3.63, 3.8) is 0 Å². The molecule has 0 saturated carbocycles. The number of fused-ring (bicyclic) bond motifs is 1. The second kappa shape index (κ2) is 7.95. The molecule has 0 fully saturated rings. The third-order valence-corrected chi connectivity index (χ3v) is 4.60. The van der Waals surface area contributed by atoms with Gasteiger partial charge in [-0.2, -0.15) is 0 Å². The zero-order valence-corrected chi connectivity index (χ0v) is 16.9. The van der Waals surface area contributed by atoms with Crippen LogP contribution in [-0.4, -0.2) is 49.5 Å². The van der Waals surface area contributed by atoms with Crippen LogP contribution in [0.15, 0.2) is 15.7 Å². The van der Waals surface area contributed by atoms with E-state index in [4.69, 9.17) is 0 Å². The fourth-order valence-electron chi connectivity index (χ4n) is 2.82. The summed E-state index contributed by atoms with van der Waals surface area (Å²) in [5.74, 6) is -1.75. The van der Waals surface area contributed by atoms with Gasteiger partial charge in [-0.1, -0.05) is 27.7 Å². The van der Waals surface area contributed by atoms with Gasteiger partial charge in [0, 0.05) is 19.3 Å². The van der Waals surface area contributed by atoms with E-state index in [1.165, 1.54) is 24.6 Å². The number of carbonyl (C=O) groups excluding carboxylic acids is 1. The summed E-state index contributed by atoms with van der Waals surface area (Å²) >= 11 is 0. The Hall–Kier alpha value is -2.97. The minimum atomic E-state index is -1.16. The van der Waals surface area contributed by atoms with Crippen molar-refractivity contribution in [1.29, 1.82) is 0 Å². The number of carboxylic acid groups (broad SMARTS) is 1. The molecule has 2 rings (SSSR count). The first kappa shape index (κ1) is 21.3. The summed E-state index contributed by atoms with van der Waals surface area (Å²) in [6.45, 7) is 9.30. The van der Waals surface area contributed by atoms with Crippen molar-refractivity contribution in [3.8, 4) is 0 Å². The lowest BCUT2D eigenvalue weighted by Crippen LogP contribution is -2.41. The Morgan fingerprint density at radius 1 is 1.21 bits per heavy atom. The molecule has 9 heteroatoms. The van der Waals surface area contributed by atoms with Crippen LogP contribution >= 0.6 is 0 Å². The number of carbonyl (C=O) groups is 2. The first-order valence-electron chi connectivity index (χ1n) is 9.13. The van der Waals surface area contributed by atoms with Crippen LogP contribution in [0.2, 0.25) is 0 Å². The van der Waals surface area contributed by atoms with Gasteiger partial charge in [0.1, 0.15) is 6.04 Å². The van der Waals surface area contributed by atoms with E-state index in [1.807, 2.05) is 27.7 Å². The number of aromatic nitrogens is 3. The molecule has 28 heavy (non-hydrogen) atoms. The van der Waals surface area contributed by atoms with Crippen molar-refractivity contribution < 1.29 is 14.7 Å². The monoisotopic (exact) mass is 390 g/mol. The van der Waals surface area contributed by atoms with Gasteiger partial charge in [-0.15, -0.1) is 0 Å². The number of aromatic amines is 1. The van der Waals surface area contributed by atoms with Crippen LogP contribution in [0.1, 0.15) is 56.6 Å². The Kier molecular flexibility index (Phi) is 6.06. The summed E-state index contributed by atoms with van der Waals surface area (Å²) in [4.78, 5) is 57.1. The standard InChI is InChI=1S/C19H26N4O5/c1-9(2)8-23-15-14(16(24)21-19(23)28)12(7-13(20-15)10(3)4)17(25)22(6)11(5)18(26)27/h7,9-11H,8H2,1-6H3,(H,26,27)(H,21,24,28). The van der Waals surface area contributed by atoms with Gasteiger partial charge in [0.2, 0.25) is 0 Å². The van der Waals surface area contributed by atoms with E-state index in [-0.39, 0.29) is 28.4 Å². The number of carboxylic acids is 1. The molecule has 1 amide bonds. The van der Waals surface area contributed by atoms with E-state index < -0.39 is 29.2 Å². The number of hydrogen-bond acceptors (Lipinski definition) is 5. The zero-order valence-electron chi connectivity index (χ0n) is 16.9. The maximum Gasteiger partial charge on any atom is 0.330 e. The molecule has 2 N–H and O–H groups in total. The molecular weight excluding hydrogens is 364 g/mol. The Labute approximate surface area is 162 Å². The molecule has 1 unspecified atom stereocenters. The predicted octanol–water partition coefficient (Wildman–Crippen LogP) is 1.41. The minimum Gasteiger partial charge on any atom is -0.480 e. The Balaban J connectivity index is 2.89. The second-order valence-electron chi connectivity index (χ2n) is 7.64. The molecule has 0 saturated heterocycles. The quantitative estimate of drug-likeness (QED) is 0.768. The largest absolute Gasteiger partial charge is 0.480 e. The highest BCUT2D eigenvalue weighted by Gasteiger charge is 2.27. The third kappa shape index (κ3) is 3.97. The number of H-pyrrole nitrogens is 1. The van der Waals surface area contributed by atoms with Gasteiger partial charge in [-0.25, -0.2) is 14.6 Å². The summed E-state index contributed by atoms with van der Waals surface area (Å²) in [6.07, 6.45) is 0. The first-order chi connectivity index (χ1) is 13.0. The van der Waals surface area contributed by atoms with Crippen LogP contribution < -0.4 is 11.2 Å². The van der Waals surface area contributed by atoms with Crippen LogP contribution in [0.5, 0.6) is 0 Å². The highest BCUT2D eigenvalue weighted by atomic mass is 16.4. The lowest BCUT2D eigenvalue weighted by atomic mass is 10.0. The van der Waals surface area contributed by atoms with E-state index in [9.17, 15) is 24.3 Å². The van der Waals surface area contributed by atoms with E-state index in [0.29, 0.717) is 12.2 Å². The zero-order chi connectivity index (χ0) is 21.3. The fourth-order valence-corrected chi connectivity index (χ4v) is 2.82. The van der Waals surface area contributed by atoms with Crippen molar-refractivity contribution >= 4 is 22.9 Å². The number of hydrogen-bond donors (Lipinski definition) is 2. The molecule has 0 radical (unpaired) electrons. The van der Waals surface area contributed by atoms with Crippen molar-refractivity contribution in [2.75, 3.05) is 7.05 Å². The van der Waals surface area contributed by atoms with Crippen LogP contribution in [0, 0.1) is 5.92 Å². The smallest absolute Gasteiger partial charge is 0.330 e. The molecule has 0 aliphatic carbocycles. The van der Waals surface area contributed by atoms with Crippen LogP contribution in [0.3, 0.4) is 0 Å². The van der Waals surface area contributed by atoms with E-state index in [2.05, 4.69) is 9.97 Å². The van der Waals surface area contributed by atoms with E-state index in [1.54, 1.807) is 0 Å². The number of rotatable bonds is 6. The second-order valence-corrected chi connectivity index (χ2v) is 7.64. The van der Waals surface area contributed by atoms with Crippen LogP contribution in [0.25, 0.3) is 11.0 Å². The number of likely N-dealkylation sites (N-methyl/N-ethyl adjacent to an activating group) is 1. The summed E-state index contributed by atoms with van der Waals surface area (Å²) in [5.41, 5.74) is -0.612. The average Bonchev–Trinajstić information content (AvgIpc) is 2.61. The molecule has 0 aliphatic rings. The molecule has 2 heterocycles. The summed E-state index contributed by atoms with van der Waals surface area (Å²) in [6, 6.07) is 0.415. The highest BCUT2D eigenvalue weighted by molar-refractivity contribution is 6.06. The molecular formula is C19H26N4O5. The summed E-state index contributed by atoms with van der Waals surface area (Å²) < 4.78 is 1.35. The van der Waals surface area contributed by atoms with Crippen molar-refractivity contribution in [2.24, 2.45) is 5.92 Å². The maximum atomic E-state index is 13.0. The van der Waals surface area contributed by atoms with E-state index >= 15 is 0 Å². The number of nitrogens with zero attached hydrogens (tertiary/aromatic N) is 3. The molecule has 0 aromatic carbocycles. The lowest BCUT2D eigenvalue weighted by molar-refractivity contribution is -0.141. The number of nitrogens with one attached hydrogen (secondary N) is 1. The van der Waals surface area contributed by atoms with Crippen LogP contribution in [-0.2, 0) is 11.3 Å².